The monoisotopic (exact) mass is 426 g/mol. The molecule has 1 aliphatic heterocycles. The zero-order valence-electron chi connectivity index (χ0n) is 15.6. The Morgan fingerprint density at radius 3 is 2.57 bits per heavy atom. The molecule has 1 aliphatic rings. The summed E-state index contributed by atoms with van der Waals surface area (Å²) in [5.74, 6) is -1.41. The average molecular weight is 427 g/mol. The number of piperazine rings is 1. The van der Waals surface area contributed by atoms with Crippen LogP contribution in [0.1, 0.15) is 15.9 Å². The molecule has 2 N–H and O–H groups in total. The number of hydrogen-bond acceptors (Lipinski definition) is 3. The first-order valence-electron chi connectivity index (χ1n) is 8.87. The number of sulfonamides is 1. The molecule has 1 saturated heterocycles. The molecule has 0 bridgehead atoms. The van der Waals surface area contributed by atoms with Crippen LogP contribution in [0.5, 0.6) is 0 Å². The van der Waals surface area contributed by atoms with Gasteiger partial charge in [0.2, 0.25) is 10.0 Å². The highest BCUT2D eigenvalue weighted by Crippen LogP contribution is 2.25. The SMILES string of the molecule is Cc1c(Cl)cccc1NC(=O)c1ccc(F)c(S(=O)(=O)N2CC[NH+](C)CC2)c1. The number of carbonyl (C=O) groups is 1. The van der Waals surface area contributed by atoms with E-state index in [0.29, 0.717) is 42.5 Å². The summed E-state index contributed by atoms with van der Waals surface area (Å²) in [5, 5.41) is 3.19. The summed E-state index contributed by atoms with van der Waals surface area (Å²) in [6, 6.07) is 8.44. The van der Waals surface area contributed by atoms with Gasteiger partial charge in [0.1, 0.15) is 10.7 Å². The van der Waals surface area contributed by atoms with Crippen LogP contribution in [-0.4, -0.2) is 51.9 Å². The second kappa shape index (κ2) is 8.16. The number of hydrogen-bond donors (Lipinski definition) is 2. The van der Waals surface area contributed by atoms with Gasteiger partial charge in [0, 0.05) is 16.3 Å². The number of benzene rings is 2. The summed E-state index contributed by atoms with van der Waals surface area (Å²) in [7, 11) is -2.04. The Morgan fingerprint density at radius 2 is 1.89 bits per heavy atom. The van der Waals surface area contributed by atoms with Crippen molar-refractivity contribution in [1.82, 2.24) is 4.31 Å². The molecule has 2 aromatic rings. The molecule has 9 heteroatoms. The Balaban J connectivity index is 1.88. The maximum Gasteiger partial charge on any atom is 0.255 e. The predicted molar refractivity (Wildman–Crippen MR) is 106 cm³/mol. The van der Waals surface area contributed by atoms with Gasteiger partial charge in [-0.05, 0) is 42.8 Å². The van der Waals surface area contributed by atoms with Gasteiger partial charge in [-0.15, -0.1) is 0 Å². The van der Waals surface area contributed by atoms with E-state index in [2.05, 4.69) is 5.32 Å². The molecule has 28 heavy (non-hydrogen) atoms. The first-order chi connectivity index (χ1) is 13.2. The van der Waals surface area contributed by atoms with Crippen LogP contribution in [-0.2, 0) is 10.0 Å². The highest BCUT2D eigenvalue weighted by Gasteiger charge is 2.32. The van der Waals surface area contributed by atoms with Crippen molar-refractivity contribution in [3.63, 3.8) is 0 Å². The molecular formula is C19H22ClFN3O3S+. The fourth-order valence-corrected chi connectivity index (χ4v) is 4.73. The van der Waals surface area contributed by atoms with Crippen LogP contribution in [0.25, 0.3) is 0 Å². The van der Waals surface area contributed by atoms with Crippen molar-refractivity contribution in [2.24, 2.45) is 0 Å². The van der Waals surface area contributed by atoms with Crippen molar-refractivity contribution < 1.29 is 22.5 Å². The molecule has 0 unspecified atom stereocenters. The Hall–Kier alpha value is -2.00. The minimum absolute atomic E-state index is 0.0547. The Morgan fingerprint density at radius 1 is 1.21 bits per heavy atom. The van der Waals surface area contributed by atoms with Crippen LogP contribution in [0.15, 0.2) is 41.3 Å². The van der Waals surface area contributed by atoms with Gasteiger partial charge in [0.05, 0.1) is 33.2 Å². The third kappa shape index (κ3) is 4.20. The molecule has 0 aliphatic carbocycles. The third-order valence-electron chi connectivity index (χ3n) is 4.90. The average Bonchev–Trinajstić information content (AvgIpc) is 2.66. The van der Waals surface area contributed by atoms with Crippen LogP contribution in [0.3, 0.4) is 0 Å². The summed E-state index contributed by atoms with van der Waals surface area (Å²) in [5.41, 5.74) is 1.25. The summed E-state index contributed by atoms with van der Waals surface area (Å²) in [4.78, 5) is 13.3. The Labute approximate surface area is 168 Å². The number of amides is 1. The first kappa shape index (κ1) is 20.7. The van der Waals surface area contributed by atoms with Crippen LogP contribution in [0, 0.1) is 12.7 Å². The molecule has 1 heterocycles. The van der Waals surface area contributed by atoms with E-state index < -0.39 is 26.6 Å². The Kier molecular flexibility index (Phi) is 6.04. The number of nitrogens with zero attached hydrogens (tertiary/aromatic N) is 1. The van der Waals surface area contributed by atoms with Crippen LogP contribution >= 0.6 is 11.6 Å². The van der Waals surface area contributed by atoms with Gasteiger partial charge in [-0.3, -0.25) is 4.79 Å². The maximum atomic E-state index is 14.3. The van der Waals surface area contributed by atoms with Crippen molar-refractivity contribution in [2.45, 2.75) is 11.8 Å². The fraction of sp³-hybridized carbons (Fsp3) is 0.316. The molecule has 1 amide bonds. The molecule has 0 aromatic heterocycles. The summed E-state index contributed by atoms with van der Waals surface area (Å²) in [6.07, 6.45) is 0. The topological polar surface area (TPSA) is 70.9 Å². The van der Waals surface area contributed by atoms with Gasteiger partial charge >= 0.3 is 0 Å². The maximum absolute atomic E-state index is 14.3. The molecule has 0 atom stereocenters. The van der Waals surface area contributed by atoms with Crippen LogP contribution < -0.4 is 10.2 Å². The highest BCUT2D eigenvalue weighted by atomic mass is 35.5. The fourth-order valence-electron chi connectivity index (χ4n) is 3.03. The third-order valence-corrected chi connectivity index (χ3v) is 7.23. The van der Waals surface area contributed by atoms with Gasteiger partial charge in [-0.1, -0.05) is 17.7 Å². The lowest BCUT2D eigenvalue weighted by atomic mass is 10.1. The molecule has 1 fully saturated rings. The molecular weight excluding hydrogens is 405 g/mol. The van der Waals surface area contributed by atoms with E-state index in [0.717, 1.165) is 12.1 Å². The van der Waals surface area contributed by atoms with E-state index in [1.807, 2.05) is 7.05 Å². The standard InChI is InChI=1S/C19H21ClFN3O3S/c1-13-15(20)4-3-5-17(13)22-19(25)14-6-7-16(21)18(12-14)28(26,27)24-10-8-23(2)9-11-24/h3-7,12H,8-11H2,1-2H3,(H,22,25)/p+1. The Bertz CT molecular complexity index is 1010. The molecule has 6 nitrogen and oxygen atoms in total. The number of quaternary nitrogens is 1. The normalized spacial score (nSPS) is 16.1. The van der Waals surface area contributed by atoms with Crippen LogP contribution in [0.2, 0.25) is 5.02 Å². The summed E-state index contributed by atoms with van der Waals surface area (Å²) in [6.45, 7) is 3.68. The zero-order chi connectivity index (χ0) is 20.5. The molecule has 150 valence electrons. The lowest BCUT2D eigenvalue weighted by Gasteiger charge is -2.29. The van der Waals surface area contributed by atoms with Crippen molar-refractivity contribution in [1.29, 1.82) is 0 Å². The molecule has 0 radical (unpaired) electrons. The smallest absolute Gasteiger partial charge is 0.255 e. The van der Waals surface area contributed by atoms with Gasteiger partial charge in [-0.2, -0.15) is 4.31 Å². The highest BCUT2D eigenvalue weighted by molar-refractivity contribution is 7.89. The number of likely N-dealkylation sites (N-methyl/N-ethyl adjacent to an activating group) is 1. The lowest BCUT2D eigenvalue weighted by Crippen LogP contribution is -3.12. The summed E-state index contributed by atoms with van der Waals surface area (Å²) < 4.78 is 41.4. The van der Waals surface area contributed by atoms with E-state index in [9.17, 15) is 17.6 Å². The molecule has 0 saturated carbocycles. The van der Waals surface area contributed by atoms with Gasteiger partial charge in [0.15, 0.2) is 0 Å². The molecule has 3 rings (SSSR count). The number of carbonyl (C=O) groups excluding carboxylic acids is 1. The molecule has 2 aromatic carbocycles. The van der Waals surface area contributed by atoms with E-state index in [-0.39, 0.29) is 5.56 Å². The first-order valence-corrected chi connectivity index (χ1v) is 10.7. The summed E-state index contributed by atoms with van der Waals surface area (Å²) >= 11 is 6.06. The van der Waals surface area contributed by atoms with Gasteiger partial charge in [0.25, 0.3) is 5.91 Å². The van der Waals surface area contributed by atoms with E-state index in [1.165, 1.54) is 15.3 Å². The number of anilines is 1. The zero-order valence-corrected chi connectivity index (χ0v) is 17.2. The lowest BCUT2D eigenvalue weighted by molar-refractivity contribution is -0.883. The number of rotatable bonds is 4. The second-order valence-electron chi connectivity index (χ2n) is 6.87. The van der Waals surface area contributed by atoms with Gasteiger partial charge < -0.3 is 10.2 Å². The minimum atomic E-state index is -4.02. The van der Waals surface area contributed by atoms with Crippen molar-refractivity contribution in [2.75, 3.05) is 38.5 Å². The minimum Gasteiger partial charge on any atom is -0.335 e. The molecule has 0 spiro atoms. The van der Waals surface area contributed by atoms with E-state index >= 15 is 0 Å². The van der Waals surface area contributed by atoms with Crippen LogP contribution in [0.4, 0.5) is 10.1 Å². The van der Waals surface area contributed by atoms with Crippen molar-refractivity contribution >= 4 is 33.2 Å². The second-order valence-corrected chi connectivity index (χ2v) is 9.19. The van der Waals surface area contributed by atoms with E-state index in [1.54, 1.807) is 25.1 Å². The largest absolute Gasteiger partial charge is 0.335 e. The van der Waals surface area contributed by atoms with E-state index in [4.69, 9.17) is 11.6 Å². The predicted octanol–water partition coefficient (Wildman–Crippen LogP) is 1.56. The van der Waals surface area contributed by atoms with Gasteiger partial charge in [-0.25, -0.2) is 12.8 Å². The number of halogens is 2. The van der Waals surface area contributed by atoms with Crippen molar-refractivity contribution in [3.8, 4) is 0 Å². The quantitative estimate of drug-likeness (QED) is 0.779. The number of nitrogens with one attached hydrogen (secondary N) is 2. The van der Waals surface area contributed by atoms with Crippen molar-refractivity contribution in [3.05, 3.63) is 58.4 Å².